The number of fused-ring (bicyclic) bond motifs is 3. The van der Waals surface area contributed by atoms with E-state index in [9.17, 15) is 9.59 Å². The minimum Gasteiger partial charge on any atom is -0.450 e. The van der Waals surface area contributed by atoms with Crippen LogP contribution in [0.5, 0.6) is 0 Å². The molecule has 7 heteroatoms. The van der Waals surface area contributed by atoms with Gasteiger partial charge in [-0.05, 0) is 43.7 Å². The monoisotopic (exact) mass is 458 g/mol. The highest BCUT2D eigenvalue weighted by Crippen LogP contribution is 2.30. The topological polar surface area (TPSA) is 80.5 Å². The van der Waals surface area contributed by atoms with Crippen LogP contribution in [0.1, 0.15) is 25.1 Å². The van der Waals surface area contributed by atoms with Crippen LogP contribution in [-0.4, -0.2) is 25.4 Å². The van der Waals surface area contributed by atoms with E-state index in [0.717, 1.165) is 27.4 Å². The number of nitrogens with one attached hydrogen (secondary N) is 2. The molecule has 2 amide bonds. The third kappa shape index (κ3) is 4.93. The van der Waals surface area contributed by atoms with Gasteiger partial charge in [0.25, 0.3) is 0 Å². The Hall–Kier alpha value is -4.13. The maximum Gasteiger partial charge on any atom is 0.411 e. The number of hydrogen-bond donors (Lipinski definition) is 2. The van der Waals surface area contributed by atoms with E-state index in [-0.39, 0.29) is 0 Å². The van der Waals surface area contributed by atoms with Gasteiger partial charge in [-0.25, -0.2) is 9.59 Å². The molecule has 1 aromatic heterocycles. The Balaban J connectivity index is 1.87. The highest BCUT2D eigenvalue weighted by Gasteiger charge is 2.21. The van der Waals surface area contributed by atoms with Crippen LogP contribution in [0.2, 0.25) is 0 Å². The highest BCUT2D eigenvalue weighted by atomic mass is 16.6. The molecule has 0 aliphatic carbocycles. The standard InChI is InChI=1S/C27H27N3O4/c1-4-33-26(31)28-19-11-13-21-22-14-12-20(29-27(32)34-5-2)17-25(22)30(3)24(23(21)16-19)15-18-9-7-6-8-10-18/h6-14,16-17H,4-5,15H2,1-3H3,(H,28,31)/p+1. The zero-order chi connectivity index (χ0) is 24.1. The van der Waals surface area contributed by atoms with E-state index in [0.29, 0.717) is 31.0 Å². The van der Waals surface area contributed by atoms with E-state index in [1.807, 2.05) is 61.6 Å². The molecule has 7 nitrogen and oxygen atoms in total. The van der Waals surface area contributed by atoms with E-state index in [1.165, 1.54) is 5.56 Å². The molecule has 4 rings (SSSR count). The molecule has 1 heterocycles. The molecular formula is C27H28N3O4+. The van der Waals surface area contributed by atoms with Crippen molar-refractivity contribution in [2.24, 2.45) is 7.05 Å². The first-order valence-electron chi connectivity index (χ1n) is 11.3. The average molecular weight is 459 g/mol. The molecule has 4 aromatic rings. The summed E-state index contributed by atoms with van der Waals surface area (Å²) < 4.78 is 12.2. The molecule has 174 valence electrons. The summed E-state index contributed by atoms with van der Waals surface area (Å²) in [5.74, 6) is 0. The summed E-state index contributed by atoms with van der Waals surface area (Å²) in [6, 6.07) is 21.9. The summed E-state index contributed by atoms with van der Waals surface area (Å²) in [7, 11) is 2.01. The molecule has 0 bridgehead atoms. The Labute approximate surface area is 198 Å². The maximum atomic E-state index is 12.0. The minimum absolute atomic E-state index is 0.306. The molecule has 3 aromatic carbocycles. The smallest absolute Gasteiger partial charge is 0.411 e. The van der Waals surface area contributed by atoms with E-state index < -0.39 is 12.2 Å². The van der Waals surface area contributed by atoms with Gasteiger partial charge in [-0.2, -0.15) is 4.57 Å². The first kappa shape index (κ1) is 23.0. The molecule has 34 heavy (non-hydrogen) atoms. The fourth-order valence-corrected chi connectivity index (χ4v) is 4.11. The van der Waals surface area contributed by atoms with Gasteiger partial charge in [0.05, 0.1) is 36.1 Å². The van der Waals surface area contributed by atoms with Crippen molar-refractivity contribution in [1.82, 2.24) is 0 Å². The first-order valence-corrected chi connectivity index (χ1v) is 11.3. The number of rotatable bonds is 6. The summed E-state index contributed by atoms with van der Waals surface area (Å²) in [5, 5.41) is 8.70. The van der Waals surface area contributed by atoms with Crippen molar-refractivity contribution in [3.05, 3.63) is 78.0 Å². The fourth-order valence-electron chi connectivity index (χ4n) is 4.11. The number of hydrogen-bond acceptors (Lipinski definition) is 4. The number of ether oxygens (including phenoxy) is 2. The molecule has 0 aliphatic heterocycles. The highest BCUT2D eigenvalue weighted by molar-refractivity contribution is 6.07. The van der Waals surface area contributed by atoms with Gasteiger partial charge in [0.1, 0.15) is 7.05 Å². The predicted octanol–water partition coefficient (Wildman–Crippen LogP) is 5.55. The molecule has 0 radical (unpaired) electrons. The molecule has 0 atom stereocenters. The number of benzene rings is 3. The Kier molecular flexibility index (Phi) is 6.92. The summed E-state index contributed by atoms with van der Waals surface area (Å²) in [6.45, 7) is 4.16. The van der Waals surface area contributed by atoms with E-state index in [1.54, 1.807) is 13.8 Å². The predicted molar refractivity (Wildman–Crippen MR) is 133 cm³/mol. The summed E-state index contributed by atoms with van der Waals surface area (Å²) in [4.78, 5) is 23.9. The Morgan fingerprint density at radius 3 is 1.97 bits per heavy atom. The number of amides is 2. The number of nitrogens with zero attached hydrogens (tertiary/aromatic N) is 1. The maximum absolute atomic E-state index is 12.0. The molecule has 0 fully saturated rings. The lowest BCUT2D eigenvalue weighted by Gasteiger charge is -2.13. The average Bonchev–Trinajstić information content (AvgIpc) is 2.82. The van der Waals surface area contributed by atoms with E-state index in [4.69, 9.17) is 9.47 Å². The Morgan fingerprint density at radius 1 is 0.765 bits per heavy atom. The molecule has 0 unspecified atom stereocenters. The van der Waals surface area contributed by atoms with Crippen molar-refractivity contribution in [3.63, 3.8) is 0 Å². The molecule has 0 saturated heterocycles. The molecule has 0 aliphatic rings. The van der Waals surface area contributed by atoms with Gasteiger partial charge in [-0.1, -0.05) is 36.4 Å². The van der Waals surface area contributed by atoms with Gasteiger partial charge in [-0.3, -0.25) is 10.6 Å². The van der Waals surface area contributed by atoms with Gasteiger partial charge in [-0.15, -0.1) is 0 Å². The SMILES string of the molecule is CCOC(=O)Nc1ccc2c(c1)c(Cc1ccccc1)[n+](C)c1cc(NC(=O)OCC)ccc21. The fraction of sp³-hybridized carbons (Fsp3) is 0.222. The van der Waals surface area contributed by atoms with Crippen molar-refractivity contribution < 1.29 is 23.6 Å². The zero-order valence-corrected chi connectivity index (χ0v) is 19.6. The van der Waals surface area contributed by atoms with Crippen molar-refractivity contribution in [2.45, 2.75) is 20.3 Å². The van der Waals surface area contributed by atoms with Crippen LogP contribution in [-0.2, 0) is 22.9 Å². The number of pyridine rings is 1. The summed E-state index contributed by atoms with van der Waals surface area (Å²) >= 11 is 0. The van der Waals surface area contributed by atoms with Crippen LogP contribution >= 0.6 is 0 Å². The van der Waals surface area contributed by atoms with Crippen LogP contribution in [0.4, 0.5) is 21.0 Å². The van der Waals surface area contributed by atoms with Crippen LogP contribution in [0.3, 0.4) is 0 Å². The number of carbonyl (C=O) groups is 2. The molecular weight excluding hydrogens is 430 g/mol. The van der Waals surface area contributed by atoms with E-state index in [2.05, 4.69) is 27.3 Å². The lowest BCUT2D eigenvalue weighted by molar-refractivity contribution is -0.650. The molecule has 0 saturated carbocycles. The summed E-state index contributed by atoms with van der Waals surface area (Å²) in [6.07, 6.45) is -0.266. The van der Waals surface area contributed by atoms with Crippen LogP contribution in [0.15, 0.2) is 66.7 Å². The number of aryl methyl sites for hydroxylation is 1. The number of aromatic nitrogens is 1. The van der Waals surface area contributed by atoms with Crippen molar-refractivity contribution in [3.8, 4) is 0 Å². The third-order valence-corrected chi connectivity index (χ3v) is 5.64. The second-order valence-corrected chi connectivity index (χ2v) is 7.85. The molecule has 2 N–H and O–H groups in total. The van der Waals surface area contributed by atoms with Gasteiger partial charge in [0.15, 0.2) is 5.69 Å². The Morgan fingerprint density at radius 2 is 1.35 bits per heavy atom. The first-order chi connectivity index (χ1) is 16.5. The Bertz CT molecular complexity index is 1350. The van der Waals surface area contributed by atoms with Gasteiger partial charge < -0.3 is 9.47 Å². The normalized spacial score (nSPS) is 10.8. The summed E-state index contributed by atoms with van der Waals surface area (Å²) in [5.41, 5.74) is 4.55. The third-order valence-electron chi connectivity index (χ3n) is 5.64. The quantitative estimate of drug-likeness (QED) is 0.293. The zero-order valence-electron chi connectivity index (χ0n) is 19.6. The largest absolute Gasteiger partial charge is 0.450 e. The van der Waals surface area contributed by atoms with Crippen LogP contribution in [0, 0.1) is 0 Å². The molecule has 0 spiro atoms. The number of carbonyl (C=O) groups excluding carboxylic acids is 2. The van der Waals surface area contributed by atoms with Crippen molar-refractivity contribution >= 4 is 45.2 Å². The number of anilines is 2. The second kappa shape index (κ2) is 10.2. The van der Waals surface area contributed by atoms with Crippen molar-refractivity contribution in [2.75, 3.05) is 23.8 Å². The van der Waals surface area contributed by atoms with Crippen LogP contribution in [0.25, 0.3) is 21.7 Å². The lowest BCUT2D eigenvalue weighted by atomic mass is 9.98. The van der Waals surface area contributed by atoms with Gasteiger partial charge in [0.2, 0.25) is 5.52 Å². The lowest BCUT2D eigenvalue weighted by Crippen LogP contribution is -2.35. The van der Waals surface area contributed by atoms with E-state index >= 15 is 0 Å². The minimum atomic E-state index is -0.482. The van der Waals surface area contributed by atoms with Crippen molar-refractivity contribution in [1.29, 1.82) is 0 Å². The second-order valence-electron chi connectivity index (χ2n) is 7.85. The van der Waals surface area contributed by atoms with Gasteiger partial charge >= 0.3 is 12.2 Å². The van der Waals surface area contributed by atoms with Gasteiger partial charge in [0, 0.05) is 17.1 Å². The van der Waals surface area contributed by atoms with Crippen LogP contribution < -0.4 is 15.2 Å².